The lowest BCUT2D eigenvalue weighted by Gasteiger charge is -2.47. The fraction of sp³-hybridized carbons (Fsp3) is 0.707. The van der Waals surface area contributed by atoms with Crippen LogP contribution in [0.25, 0.3) is 0 Å². The Labute approximate surface area is 696 Å². The van der Waals surface area contributed by atoms with Crippen LogP contribution < -0.4 is 21.3 Å². The third-order valence-corrected chi connectivity index (χ3v) is 22.2. The molecule has 0 aromatic rings. The molecular weight excluding hydrogens is 1580 g/mol. The van der Waals surface area contributed by atoms with Crippen molar-refractivity contribution in [3.63, 3.8) is 0 Å². The van der Waals surface area contributed by atoms with Crippen molar-refractivity contribution in [2.75, 3.05) is 34.9 Å². The summed E-state index contributed by atoms with van der Waals surface area (Å²) in [4.78, 5) is 229. The lowest BCUT2D eigenvalue weighted by atomic mass is 9.81. The molecule has 1 saturated carbocycles. The number of amides is 4. The van der Waals surface area contributed by atoms with Crippen LogP contribution in [-0.4, -0.2) is 276 Å². The molecule has 0 aromatic carbocycles. The van der Waals surface area contributed by atoms with E-state index in [2.05, 4.69) is 21.3 Å². The van der Waals surface area contributed by atoms with E-state index in [0.717, 1.165) is 10.5 Å². The Hall–Kier alpha value is -9.44. The maximum atomic E-state index is 14.4. The minimum absolute atomic E-state index is 0.0380. The molecule has 38 heteroatoms. The first-order valence-electron chi connectivity index (χ1n) is 40.5. The Kier molecular flexibility index (Phi) is 45.4. The van der Waals surface area contributed by atoms with E-state index in [4.69, 9.17) is 39.0 Å². The highest BCUT2D eigenvalue weighted by molar-refractivity contribution is 6.39. The van der Waals surface area contributed by atoms with Crippen LogP contribution >= 0.6 is 0 Å². The number of carbonyl (C=O) groups is 18. The number of ketones is 6. The van der Waals surface area contributed by atoms with E-state index in [1.54, 1.807) is 34.0 Å². The van der Waals surface area contributed by atoms with Gasteiger partial charge in [-0.25, -0.2) is 4.79 Å². The Bertz CT molecular complexity index is 3690. The second-order valence-electron chi connectivity index (χ2n) is 31.7. The first-order chi connectivity index (χ1) is 56.3. The van der Waals surface area contributed by atoms with E-state index >= 15 is 0 Å². The molecule has 674 valence electrons. The molecule has 3 heterocycles. The van der Waals surface area contributed by atoms with Crippen LogP contribution in [0.15, 0.2) is 35.5 Å². The fourth-order valence-electron chi connectivity index (χ4n) is 15.3. The highest BCUT2D eigenvalue weighted by Gasteiger charge is 2.57. The minimum Gasteiger partial charge on any atom is -0.481 e. The number of Topliss-reactive ketones (excluding diaryl/α,β-unsaturated/α-hetero) is 5. The van der Waals surface area contributed by atoms with Crippen molar-refractivity contribution in [1.29, 1.82) is 0 Å². The zero-order chi connectivity index (χ0) is 90.6. The molecule has 120 heavy (non-hydrogen) atoms. The summed E-state index contributed by atoms with van der Waals surface area (Å²) in [6, 6.07) is -7.23. The fourth-order valence-corrected chi connectivity index (χ4v) is 15.3. The number of nitrogens with one attached hydrogen (secondary N) is 4. The molecule has 3 aliphatic heterocycles. The van der Waals surface area contributed by atoms with Crippen molar-refractivity contribution in [1.82, 2.24) is 26.2 Å². The molecule has 1 aliphatic carbocycles. The van der Waals surface area contributed by atoms with E-state index in [1.807, 2.05) is 26.0 Å². The number of aliphatic hydroxyl groups excluding tert-OH is 2. The number of fused-ring (bicyclic) bond motifs is 3. The van der Waals surface area contributed by atoms with Gasteiger partial charge < -0.3 is 101 Å². The molecule has 3 fully saturated rings. The third-order valence-electron chi connectivity index (χ3n) is 22.2. The van der Waals surface area contributed by atoms with Crippen molar-refractivity contribution < 1.29 is 161 Å². The number of methoxy groups -OCH3 is 3. The van der Waals surface area contributed by atoms with Gasteiger partial charge in [0.05, 0.1) is 61.1 Å². The normalized spacial score (nSPS) is 26.7. The van der Waals surface area contributed by atoms with E-state index in [9.17, 15) is 122 Å². The van der Waals surface area contributed by atoms with Gasteiger partial charge in [0, 0.05) is 122 Å². The summed E-state index contributed by atoms with van der Waals surface area (Å²) in [5.74, 6) is -27.3. The summed E-state index contributed by atoms with van der Waals surface area (Å²) in [6.07, 6.45) is -4.49. The summed E-state index contributed by atoms with van der Waals surface area (Å²) in [5, 5.41) is 108. The molecule has 0 aromatic heterocycles. The van der Waals surface area contributed by atoms with Crippen molar-refractivity contribution >= 4 is 106 Å². The van der Waals surface area contributed by atoms with E-state index in [0.29, 0.717) is 50.5 Å². The molecule has 0 radical (unpaired) electrons. The van der Waals surface area contributed by atoms with Gasteiger partial charge in [-0.1, -0.05) is 44.6 Å². The van der Waals surface area contributed by atoms with Crippen LogP contribution in [0.3, 0.4) is 0 Å². The predicted molar refractivity (Wildman–Crippen MR) is 420 cm³/mol. The molecule has 7 unspecified atom stereocenters. The molecule has 2 bridgehead atoms. The second kappa shape index (κ2) is 52.0. The minimum atomic E-state index is -2.54. The number of esters is 1. The summed E-state index contributed by atoms with van der Waals surface area (Å²) >= 11 is 0. The lowest BCUT2D eigenvalue weighted by molar-refractivity contribution is -0.302. The average molecular weight is 1710 g/mol. The van der Waals surface area contributed by atoms with Crippen molar-refractivity contribution in [3.8, 4) is 0 Å². The molecule has 4 rings (SSSR count). The number of carboxylic acids is 7. The number of aliphatic hydroxyl groups is 3. The largest absolute Gasteiger partial charge is 0.481 e. The third kappa shape index (κ3) is 35.3. The number of hydrogen-bond acceptors (Lipinski definition) is 27. The van der Waals surface area contributed by atoms with Gasteiger partial charge in [-0.05, 0) is 154 Å². The molecule has 38 nitrogen and oxygen atoms in total. The number of piperidine rings is 1. The maximum absolute atomic E-state index is 14.4. The number of hydrogen-bond donors (Lipinski definition) is 14. The van der Waals surface area contributed by atoms with Crippen LogP contribution in [-0.2, 0) is 110 Å². The highest BCUT2D eigenvalue weighted by atomic mass is 16.7. The Morgan fingerprint density at radius 2 is 1.03 bits per heavy atom. The zero-order valence-electron chi connectivity index (χ0n) is 69.9. The van der Waals surface area contributed by atoms with Gasteiger partial charge in [0.2, 0.25) is 23.5 Å². The van der Waals surface area contributed by atoms with Crippen LogP contribution in [0, 0.1) is 41.4 Å². The van der Waals surface area contributed by atoms with Gasteiger partial charge >= 0.3 is 47.8 Å². The van der Waals surface area contributed by atoms with Gasteiger partial charge in [-0.2, -0.15) is 0 Å². The van der Waals surface area contributed by atoms with Crippen LogP contribution in [0.4, 0.5) is 0 Å². The molecule has 20 atom stereocenters. The van der Waals surface area contributed by atoms with E-state index in [1.165, 1.54) is 34.3 Å². The summed E-state index contributed by atoms with van der Waals surface area (Å²) in [5.41, 5.74) is 1.52. The van der Waals surface area contributed by atoms with Crippen LogP contribution in [0.1, 0.15) is 215 Å². The second-order valence-corrected chi connectivity index (χ2v) is 31.7. The predicted octanol–water partition coefficient (Wildman–Crippen LogP) is 3.40. The number of cyclic esters (lactones) is 1. The zero-order valence-corrected chi connectivity index (χ0v) is 69.9. The molecule has 0 spiro atoms. The lowest BCUT2D eigenvalue weighted by Crippen LogP contribution is -2.64. The van der Waals surface area contributed by atoms with Gasteiger partial charge in [0.1, 0.15) is 24.0 Å². The number of rotatable bonds is 43. The average Bonchev–Trinajstić information content (AvgIpc) is 0.764. The topological polar surface area (TPSA) is 607 Å². The molecule has 14 N–H and O–H groups in total. The number of aliphatic carboxylic acids is 7. The first-order valence-corrected chi connectivity index (χ1v) is 40.5. The number of carboxylic acid groups (broad SMARTS) is 7. The van der Waals surface area contributed by atoms with Crippen LogP contribution in [0.2, 0.25) is 0 Å². The van der Waals surface area contributed by atoms with Gasteiger partial charge in [-0.15, -0.1) is 0 Å². The molecular formula is C82H123N5O33. The van der Waals surface area contributed by atoms with Crippen molar-refractivity contribution in [3.05, 3.63) is 35.5 Å². The van der Waals surface area contributed by atoms with Crippen molar-refractivity contribution in [2.45, 2.75) is 294 Å². The Morgan fingerprint density at radius 1 is 0.567 bits per heavy atom. The van der Waals surface area contributed by atoms with Gasteiger partial charge in [-0.3, -0.25) is 81.5 Å². The maximum Gasteiger partial charge on any atom is 0.329 e. The number of carbonyl (C=O) groups excluding carboxylic acids is 11. The smallest absolute Gasteiger partial charge is 0.329 e. The van der Waals surface area contributed by atoms with Crippen LogP contribution in [0.5, 0.6) is 0 Å². The Balaban J connectivity index is 0.000000620. The first kappa shape index (κ1) is 105. The van der Waals surface area contributed by atoms with Gasteiger partial charge in [0.25, 0.3) is 11.7 Å². The summed E-state index contributed by atoms with van der Waals surface area (Å²) in [7, 11) is 5.89. The molecule has 4 amide bonds. The number of allylic oxidation sites excluding steroid dienone is 5. The molecule has 2 saturated heterocycles. The Morgan fingerprint density at radius 3 is 1.51 bits per heavy atom. The summed E-state index contributed by atoms with van der Waals surface area (Å²) < 4.78 is 29.8. The highest BCUT2D eigenvalue weighted by Crippen LogP contribution is 2.40. The van der Waals surface area contributed by atoms with Gasteiger partial charge in [0.15, 0.2) is 23.1 Å². The van der Waals surface area contributed by atoms with E-state index in [-0.39, 0.29) is 68.2 Å². The summed E-state index contributed by atoms with van der Waals surface area (Å²) in [6.45, 7) is 10.5. The standard InChI is InChI=1S/C46H71NO13.C36H52N4O20/c1-26-19-27(2)21-39(57-8)42-40(58-9)23-29(4)46(55,60-42)43(52)44(53)47-18-11-10-15-34(47)45(54)59-41(28(3)22-32-16-17-35(49)38(24-32)56-7)31(6)36(50)25-37(51)33(20-26)14-12-13-30(5)48;1-37-23(7-14-32(54)55)36(60)40-22(6-13-31(52)53)26(43)17-19(3-10-28(46)47)35(59)39-21(5-12-30(50)51)25(42)16-18(2-9-27(44)45)34(58)38-20(4-11-29(48)49)24(41)8-15-33(56)57/h12-13,20,22,27,29,31-36,38-42,49-50,55H,10-11,14-19,21,23-25H2,1-9H3;18-23,37H,2-17H2,1H3,(H,38,58)(H,39,59)(H,40,60)(H,44,45)(H,46,47)(H,48,49)(H,50,51)(H,52,53)(H,54,55)(H,56,57)/b13-12+,26-20+,28-22+;/t27-,29+,31+,32-,33+,34?,35+,36-,38+,39-,40-,41+,42+,46+;/m0./s1. The number of likely N-dealkylation sites (N-methyl/N-ethyl adjacent to an activating group) is 1. The number of ether oxygens (including phenoxy) is 5. The SMILES string of the molecule is CNC(CCC(=O)O)C(=O)NC(CCC(=O)O)C(=O)CC(CCC(=O)O)C(=O)NC(CCC(=O)O)C(=O)CC(CCC(=O)O)C(=O)NC(CCC(=O)O)C(=O)CCC(=O)O.CO[C@H]1C[C@@H](C)C/C(C)=C/[C@@H](C/C=C/C(C)=O)C(=O)C[C@H](O)[C@@H](C)[C@@H](/C(C)=C/[C@@H]2CC[C@@H](O)[C@H](OC)C2)OC(=O)C2CCCCN2C(=O)C(=O)[C@]2(O)O[C@H]1[C@@H](OC)C[C@H]2C. The monoisotopic (exact) mass is 1710 g/mol. The molecule has 4 aliphatic rings. The quantitative estimate of drug-likeness (QED) is 0.0180. The van der Waals surface area contributed by atoms with Crippen molar-refractivity contribution in [2.24, 2.45) is 41.4 Å². The van der Waals surface area contributed by atoms with E-state index < -0.39 is 293 Å². The number of nitrogens with zero attached hydrogens (tertiary/aromatic N) is 1.